The van der Waals surface area contributed by atoms with Crippen LogP contribution in [0.2, 0.25) is 0 Å². The average molecular weight is 269 g/mol. The van der Waals surface area contributed by atoms with Gasteiger partial charge in [-0.25, -0.2) is 4.99 Å². The van der Waals surface area contributed by atoms with Crippen LogP contribution in [-0.2, 0) is 14.3 Å². The third kappa shape index (κ3) is 2.70. The summed E-state index contributed by atoms with van der Waals surface area (Å²) in [5.74, 6) is -0.402. The first-order chi connectivity index (χ1) is 9.06. The lowest BCUT2D eigenvalue weighted by Crippen LogP contribution is -2.56. The van der Waals surface area contributed by atoms with Gasteiger partial charge in [-0.1, -0.05) is 20.3 Å². The van der Waals surface area contributed by atoms with E-state index in [0.29, 0.717) is 0 Å². The standard InChI is InChI=1S/C12H19N3O4/c1-3-6(2)9-11(18)13-7(4-16)12-14-8(5-19-12)10(17)15-9/h6-9,16H,3-5H2,1-2H3,(H,13,18)(H,15,17). The Labute approximate surface area is 111 Å². The fraction of sp³-hybridized carbons (Fsp3) is 0.750. The van der Waals surface area contributed by atoms with E-state index in [-0.39, 0.29) is 36.8 Å². The van der Waals surface area contributed by atoms with Crippen LogP contribution in [0.25, 0.3) is 0 Å². The van der Waals surface area contributed by atoms with Crippen molar-refractivity contribution in [3.8, 4) is 0 Å². The lowest BCUT2D eigenvalue weighted by Gasteiger charge is -2.26. The van der Waals surface area contributed by atoms with Gasteiger partial charge in [-0.15, -0.1) is 0 Å². The molecule has 4 unspecified atom stereocenters. The molecule has 0 aromatic rings. The Bertz CT molecular complexity index is 410. The molecule has 2 rings (SSSR count). The molecule has 19 heavy (non-hydrogen) atoms. The van der Waals surface area contributed by atoms with E-state index >= 15 is 0 Å². The molecule has 0 fully saturated rings. The number of carbonyl (C=O) groups excluding carboxylic acids is 2. The van der Waals surface area contributed by atoms with E-state index in [2.05, 4.69) is 15.6 Å². The number of carbonyl (C=O) groups is 2. The van der Waals surface area contributed by atoms with Gasteiger partial charge in [0, 0.05) is 0 Å². The highest BCUT2D eigenvalue weighted by Crippen LogP contribution is 2.14. The molecule has 2 heterocycles. The van der Waals surface area contributed by atoms with Crippen LogP contribution in [0.5, 0.6) is 0 Å². The van der Waals surface area contributed by atoms with E-state index in [1.807, 2.05) is 13.8 Å². The van der Waals surface area contributed by atoms with E-state index < -0.39 is 18.1 Å². The zero-order chi connectivity index (χ0) is 14.0. The number of fused-ring (bicyclic) bond motifs is 1. The summed E-state index contributed by atoms with van der Waals surface area (Å²) in [4.78, 5) is 28.3. The highest BCUT2D eigenvalue weighted by Gasteiger charge is 2.37. The topological polar surface area (TPSA) is 100 Å². The van der Waals surface area contributed by atoms with Gasteiger partial charge >= 0.3 is 0 Å². The van der Waals surface area contributed by atoms with Crippen LogP contribution in [0.3, 0.4) is 0 Å². The number of ether oxygens (including phenoxy) is 1. The molecule has 0 aliphatic carbocycles. The molecule has 4 atom stereocenters. The summed E-state index contributed by atoms with van der Waals surface area (Å²) in [7, 11) is 0. The van der Waals surface area contributed by atoms with Crippen LogP contribution in [0.1, 0.15) is 20.3 Å². The molecule has 0 spiro atoms. The summed E-state index contributed by atoms with van der Waals surface area (Å²) in [6.45, 7) is 3.70. The van der Waals surface area contributed by atoms with Crippen molar-refractivity contribution in [2.24, 2.45) is 10.9 Å². The second kappa shape index (κ2) is 5.56. The molecule has 106 valence electrons. The van der Waals surface area contributed by atoms with Gasteiger partial charge in [-0.3, -0.25) is 9.59 Å². The normalized spacial score (nSPS) is 32.2. The first-order valence-corrected chi connectivity index (χ1v) is 6.48. The number of nitrogens with one attached hydrogen (secondary N) is 2. The third-order valence-electron chi connectivity index (χ3n) is 3.57. The van der Waals surface area contributed by atoms with Gasteiger partial charge in [0.25, 0.3) is 0 Å². The molecule has 7 heteroatoms. The summed E-state index contributed by atoms with van der Waals surface area (Å²) in [5, 5.41) is 14.7. The average Bonchev–Trinajstić information content (AvgIpc) is 2.90. The van der Waals surface area contributed by atoms with Crippen LogP contribution >= 0.6 is 0 Å². The lowest BCUT2D eigenvalue weighted by atomic mass is 9.97. The Morgan fingerprint density at radius 1 is 1.42 bits per heavy atom. The minimum atomic E-state index is -0.684. The molecule has 0 aromatic heterocycles. The highest BCUT2D eigenvalue weighted by molar-refractivity contribution is 5.97. The largest absolute Gasteiger partial charge is 0.477 e. The number of rotatable bonds is 3. The van der Waals surface area contributed by atoms with Gasteiger partial charge < -0.3 is 20.5 Å². The second-order valence-corrected chi connectivity index (χ2v) is 4.91. The number of aliphatic imine (C=N–C) groups is 1. The van der Waals surface area contributed by atoms with Crippen LogP contribution in [0, 0.1) is 5.92 Å². The Hall–Kier alpha value is -1.63. The summed E-state index contributed by atoms with van der Waals surface area (Å²) < 4.78 is 5.25. The first kappa shape index (κ1) is 13.8. The predicted molar refractivity (Wildman–Crippen MR) is 67.6 cm³/mol. The molecular weight excluding hydrogens is 250 g/mol. The highest BCUT2D eigenvalue weighted by atomic mass is 16.5. The molecule has 2 bridgehead atoms. The Balaban J connectivity index is 2.26. The summed E-state index contributed by atoms with van der Waals surface area (Å²) in [6, 6.07) is -1.93. The smallest absolute Gasteiger partial charge is 0.249 e. The van der Waals surface area contributed by atoms with Crippen LogP contribution < -0.4 is 10.6 Å². The fourth-order valence-corrected chi connectivity index (χ4v) is 2.12. The summed E-state index contributed by atoms with van der Waals surface area (Å²) >= 11 is 0. The number of hydrogen-bond donors (Lipinski definition) is 3. The SMILES string of the molecule is CCC(C)C1NC(=O)C2COC(=N2)C(CO)NC1=O. The van der Waals surface area contributed by atoms with Gasteiger partial charge in [0.1, 0.15) is 18.7 Å². The Morgan fingerprint density at radius 3 is 2.79 bits per heavy atom. The molecule has 3 N–H and O–H groups in total. The maximum absolute atomic E-state index is 12.2. The van der Waals surface area contributed by atoms with Crippen molar-refractivity contribution < 1.29 is 19.4 Å². The third-order valence-corrected chi connectivity index (χ3v) is 3.57. The maximum atomic E-state index is 12.2. The van der Waals surface area contributed by atoms with E-state index in [1.165, 1.54) is 0 Å². The molecular formula is C12H19N3O4. The minimum Gasteiger partial charge on any atom is -0.477 e. The quantitative estimate of drug-likeness (QED) is 0.599. The van der Waals surface area contributed by atoms with Crippen LogP contribution in [0.15, 0.2) is 4.99 Å². The minimum absolute atomic E-state index is 0.00541. The Kier molecular flexibility index (Phi) is 4.04. The number of hydrogen-bond acceptors (Lipinski definition) is 5. The summed E-state index contributed by atoms with van der Waals surface area (Å²) in [6.07, 6.45) is 0.761. The van der Waals surface area contributed by atoms with E-state index in [9.17, 15) is 14.7 Å². The van der Waals surface area contributed by atoms with Gasteiger partial charge in [0.15, 0.2) is 6.04 Å². The monoisotopic (exact) mass is 269 g/mol. The molecule has 0 saturated carbocycles. The Morgan fingerprint density at radius 2 is 2.16 bits per heavy atom. The fourth-order valence-electron chi connectivity index (χ4n) is 2.12. The van der Waals surface area contributed by atoms with Crippen molar-refractivity contribution in [1.29, 1.82) is 0 Å². The zero-order valence-corrected chi connectivity index (χ0v) is 11.0. The maximum Gasteiger partial charge on any atom is 0.249 e. The molecule has 0 aromatic carbocycles. The van der Waals surface area contributed by atoms with Crippen molar-refractivity contribution in [3.05, 3.63) is 0 Å². The number of aliphatic hydroxyl groups is 1. The predicted octanol–water partition coefficient (Wildman–Crippen LogP) is -1.19. The number of aliphatic hydroxyl groups excluding tert-OH is 1. The molecule has 0 saturated heterocycles. The number of nitrogens with zero attached hydrogens (tertiary/aromatic N) is 1. The van der Waals surface area contributed by atoms with E-state index in [1.54, 1.807) is 0 Å². The molecule has 0 radical (unpaired) electrons. The molecule has 2 amide bonds. The molecule has 7 nitrogen and oxygen atoms in total. The van der Waals surface area contributed by atoms with Gasteiger partial charge in [-0.05, 0) is 5.92 Å². The van der Waals surface area contributed by atoms with Crippen molar-refractivity contribution in [3.63, 3.8) is 0 Å². The lowest BCUT2D eigenvalue weighted by molar-refractivity contribution is -0.131. The van der Waals surface area contributed by atoms with Crippen LogP contribution in [-0.4, -0.2) is 54.2 Å². The van der Waals surface area contributed by atoms with Crippen molar-refractivity contribution in [2.45, 2.75) is 38.4 Å². The van der Waals surface area contributed by atoms with Crippen LogP contribution in [0.4, 0.5) is 0 Å². The van der Waals surface area contributed by atoms with Gasteiger partial charge in [0.05, 0.1) is 6.61 Å². The van der Waals surface area contributed by atoms with Gasteiger partial charge in [-0.2, -0.15) is 0 Å². The first-order valence-electron chi connectivity index (χ1n) is 6.48. The molecule has 2 aliphatic rings. The summed E-state index contributed by atoms with van der Waals surface area (Å²) in [5.41, 5.74) is 0. The van der Waals surface area contributed by atoms with E-state index in [0.717, 1.165) is 6.42 Å². The molecule has 2 aliphatic heterocycles. The number of amides is 2. The van der Waals surface area contributed by atoms with E-state index in [4.69, 9.17) is 4.74 Å². The zero-order valence-electron chi connectivity index (χ0n) is 11.0. The van der Waals surface area contributed by atoms with Crippen molar-refractivity contribution in [1.82, 2.24) is 10.6 Å². The van der Waals surface area contributed by atoms with Crippen molar-refractivity contribution >= 4 is 17.7 Å². The van der Waals surface area contributed by atoms with Gasteiger partial charge in [0.2, 0.25) is 17.7 Å². The second-order valence-electron chi connectivity index (χ2n) is 4.91. The van der Waals surface area contributed by atoms with Crippen molar-refractivity contribution in [2.75, 3.05) is 13.2 Å².